The molecule has 2 aromatic rings. The summed E-state index contributed by atoms with van der Waals surface area (Å²) < 4.78 is 27.3. The lowest BCUT2D eigenvalue weighted by molar-refractivity contribution is -0.141. The molecule has 0 spiro atoms. The third-order valence-electron chi connectivity index (χ3n) is 6.67. The Labute approximate surface area is 223 Å². The van der Waals surface area contributed by atoms with E-state index in [4.69, 9.17) is 0 Å². The lowest BCUT2D eigenvalue weighted by Gasteiger charge is -2.30. The van der Waals surface area contributed by atoms with Gasteiger partial charge < -0.3 is 10.2 Å². The van der Waals surface area contributed by atoms with E-state index >= 15 is 0 Å². The van der Waals surface area contributed by atoms with Crippen molar-refractivity contribution in [2.75, 3.05) is 17.1 Å². The molecule has 1 aliphatic rings. The zero-order chi connectivity index (χ0) is 26.3. The molecule has 0 heterocycles. The molecule has 7 nitrogen and oxygen atoms in total. The topological polar surface area (TPSA) is 86.8 Å². The molecule has 0 radical (unpaired) electrons. The number of anilines is 1. The fourth-order valence-corrected chi connectivity index (χ4v) is 5.87. The standard InChI is InChI=1S/C27H36BrN3O4S/c1-20-9-4-7-12-25(20)31(36(3,34)35)18-8-13-26(32)30(19-22-14-16-23(28)17-15-22)21(2)27(33)29-24-10-5-6-11-24/h4,7,9,12,14-17,21,24H,5-6,8,10-11,13,18-19H2,1-3H3,(H,29,33). The second kappa shape index (κ2) is 12.7. The van der Waals surface area contributed by atoms with E-state index in [0.29, 0.717) is 18.7 Å². The van der Waals surface area contributed by atoms with Gasteiger partial charge in [-0.05, 0) is 62.4 Å². The van der Waals surface area contributed by atoms with E-state index in [1.54, 1.807) is 24.0 Å². The Morgan fingerprint density at radius 3 is 2.33 bits per heavy atom. The summed E-state index contributed by atoms with van der Waals surface area (Å²) in [5.41, 5.74) is 2.39. The van der Waals surface area contributed by atoms with Crippen molar-refractivity contribution in [1.29, 1.82) is 0 Å². The molecule has 1 atom stereocenters. The average molecular weight is 579 g/mol. The Hall–Kier alpha value is -2.39. The highest BCUT2D eigenvalue weighted by molar-refractivity contribution is 9.10. The van der Waals surface area contributed by atoms with Crippen LogP contribution >= 0.6 is 15.9 Å². The van der Waals surface area contributed by atoms with Gasteiger partial charge in [-0.25, -0.2) is 8.42 Å². The molecule has 1 fully saturated rings. The molecule has 0 bridgehead atoms. The van der Waals surface area contributed by atoms with Crippen LogP contribution in [0, 0.1) is 6.92 Å². The van der Waals surface area contributed by atoms with Crippen molar-refractivity contribution < 1.29 is 18.0 Å². The maximum atomic E-state index is 13.4. The minimum Gasteiger partial charge on any atom is -0.352 e. The van der Waals surface area contributed by atoms with Gasteiger partial charge in [-0.2, -0.15) is 0 Å². The molecule has 196 valence electrons. The molecule has 0 aliphatic heterocycles. The first-order valence-electron chi connectivity index (χ1n) is 12.4. The van der Waals surface area contributed by atoms with Crippen LogP contribution in [0.1, 0.15) is 56.6 Å². The fraction of sp³-hybridized carbons (Fsp3) is 0.481. The molecular weight excluding hydrogens is 542 g/mol. The predicted octanol–water partition coefficient (Wildman–Crippen LogP) is 4.78. The third kappa shape index (κ3) is 7.80. The van der Waals surface area contributed by atoms with Crippen LogP contribution in [0.3, 0.4) is 0 Å². The summed E-state index contributed by atoms with van der Waals surface area (Å²) >= 11 is 3.43. The molecular formula is C27H36BrN3O4S. The summed E-state index contributed by atoms with van der Waals surface area (Å²) in [6.07, 6.45) is 5.82. The number of para-hydroxylation sites is 1. The number of halogens is 1. The lowest BCUT2D eigenvalue weighted by atomic mass is 10.1. The molecule has 1 saturated carbocycles. The van der Waals surface area contributed by atoms with Crippen molar-refractivity contribution in [3.8, 4) is 0 Å². The maximum absolute atomic E-state index is 13.4. The number of amides is 2. The van der Waals surface area contributed by atoms with Crippen LogP contribution in [0.4, 0.5) is 5.69 Å². The van der Waals surface area contributed by atoms with Gasteiger partial charge >= 0.3 is 0 Å². The van der Waals surface area contributed by atoms with Gasteiger partial charge in [0.1, 0.15) is 6.04 Å². The van der Waals surface area contributed by atoms with Crippen LogP contribution in [0.15, 0.2) is 53.0 Å². The second-order valence-corrected chi connectivity index (χ2v) is 12.4. The molecule has 1 unspecified atom stereocenters. The van der Waals surface area contributed by atoms with E-state index in [1.807, 2.05) is 43.3 Å². The van der Waals surface area contributed by atoms with Gasteiger partial charge in [0.05, 0.1) is 11.9 Å². The van der Waals surface area contributed by atoms with Gasteiger partial charge in [0.2, 0.25) is 21.8 Å². The smallest absolute Gasteiger partial charge is 0.242 e. The van der Waals surface area contributed by atoms with Crippen LogP contribution in [0.25, 0.3) is 0 Å². The largest absolute Gasteiger partial charge is 0.352 e. The van der Waals surface area contributed by atoms with Crippen LogP contribution in [0.2, 0.25) is 0 Å². The van der Waals surface area contributed by atoms with Gasteiger partial charge in [-0.1, -0.05) is 59.1 Å². The predicted molar refractivity (Wildman–Crippen MR) is 147 cm³/mol. The molecule has 2 aromatic carbocycles. The normalized spacial score (nSPS) is 14.9. The third-order valence-corrected chi connectivity index (χ3v) is 8.38. The first kappa shape index (κ1) is 28.2. The number of carbonyl (C=O) groups excluding carboxylic acids is 2. The molecule has 36 heavy (non-hydrogen) atoms. The van der Waals surface area contributed by atoms with E-state index in [9.17, 15) is 18.0 Å². The number of benzene rings is 2. The van der Waals surface area contributed by atoms with Crippen molar-refractivity contribution in [2.24, 2.45) is 0 Å². The quantitative estimate of drug-likeness (QED) is 0.416. The number of hydrogen-bond donors (Lipinski definition) is 1. The van der Waals surface area contributed by atoms with Crippen molar-refractivity contribution in [3.05, 3.63) is 64.1 Å². The number of nitrogens with one attached hydrogen (secondary N) is 1. The minimum atomic E-state index is -3.51. The Balaban J connectivity index is 1.72. The highest BCUT2D eigenvalue weighted by Gasteiger charge is 2.28. The summed E-state index contributed by atoms with van der Waals surface area (Å²) in [6.45, 7) is 4.11. The molecule has 2 amide bonds. The van der Waals surface area contributed by atoms with Gasteiger partial charge in [0.25, 0.3) is 0 Å². The second-order valence-electron chi connectivity index (χ2n) is 9.54. The Bertz CT molecular complexity index is 1150. The minimum absolute atomic E-state index is 0.134. The van der Waals surface area contributed by atoms with E-state index in [2.05, 4.69) is 21.2 Å². The first-order chi connectivity index (χ1) is 17.1. The first-order valence-corrected chi connectivity index (χ1v) is 15.1. The van der Waals surface area contributed by atoms with Crippen LogP contribution in [0.5, 0.6) is 0 Å². The SMILES string of the molecule is Cc1ccccc1N(CCCC(=O)N(Cc1ccc(Br)cc1)C(C)C(=O)NC1CCCC1)S(C)(=O)=O. The molecule has 1 N–H and O–H groups in total. The number of rotatable bonds is 11. The summed E-state index contributed by atoms with van der Waals surface area (Å²) in [7, 11) is -3.51. The summed E-state index contributed by atoms with van der Waals surface area (Å²) in [4.78, 5) is 28.0. The Morgan fingerprint density at radius 2 is 1.72 bits per heavy atom. The number of carbonyl (C=O) groups is 2. The monoisotopic (exact) mass is 577 g/mol. The van der Waals surface area contributed by atoms with Crippen molar-refractivity contribution in [3.63, 3.8) is 0 Å². The van der Waals surface area contributed by atoms with E-state index in [1.165, 1.54) is 10.6 Å². The van der Waals surface area contributed by atoms with Crippen molar-refractivity contribution in [1.82, 2.24) is 10.2 Å². The van der Waals surface area contributed by atoms with Gasteiger partial charge in [-0.3, -0.25) is 13.9 Å². The highest BCUT2D eigenvalue weighted by Crippen LogP contribution is 2.23. The fourth-order valence-electron chi connectivity index (χ4n) is 4.59. The molecule has 1 aliphatic carbocycles. The zero-order valence-corrected chi connectivity index (χ0v) is 23.6. The van der Waals surface area contributed by atoms with Crippen molar-refractivity contribution >= 4 is 43.5 Å². The highest BCUT2D eigenvalue weighted by atomic mass is 79.9. The van der Waals surface area contributed by atoms with Gasteiger partial charge in [0.15, 0.2) is 0 Å². The van der Waals surface area contributed by atoms with E-state index < -0.39 is 16.1 Å². The Kier molecular flexibility index (Phi) is 9.96. The summed E-state index contributed by atoms with van der Waals surface area (Å²) in [5, 5.41) is 3.10. The number of aryl methyl sites for hydroxylation is 1. The number of nitrogens with zero attached hydrogens (tertiary/aromatic N) is 2. The molecule has 9 heteroatoms. The van der Waals surface area contributed by atoms with Crippen LogP contribution in [-0.4, -0.2) is 50.0 Å². The molecule has 3 rings (SSSR count). The lowest BCUT2D eigenvalue weighted by Crippen LogP contribution is -2.49. The van der Waals surface area contributed by atoms with Crippen LogP contribution in [-0.2, 0) is 26.2 Å². The van der Waals surface area contributed by atoms with E-state index in [0.717, 1.165) is 41.3 Å². The molecule has 0 aromatic heterocycles. The van der Waals surface area contributed by atoms with Crippen LogP contribution < -0.4 is 9.62 Å². The average Bonchev–Trinajstić information content (AvgIpc) is 3.34. The van der Waals surface area contributed by atoms with Crippen molar-refractivity contribution in [2.45, 2.75) is 71.0 Å². The van der Waals surface area contributed by atoms with Gasteiger partial charge in [-0.15, -0.1) is 0 Å². The van der Waals surface area contributed by atoms with E-state index in [-0.39, 0.29) is 30.8 Å². The summed E-state index contributed by atoms with van der Waals surface area (Å²) in [6, 6.07) is 14.5. The van der Waals surface area contributed by atoms with Gasteiger partial charge in [0, 0.05) is 30.0 Å². The molecule has 0 saturated heterocycles. The number of hydrogen-bond acceptors (Lipinski definition) is 4. The zero-order valence-electron chi connectivity index (χ0n) is 21.2. The Morgan fingerprint density at radius 1 is 1.08 bits per heavy atom. The maximum Gasteiger partial charge on any atom is 0.242 e. The summed E-state index contributed by atoms with van der Waals surface area (Å²) in [5.74, 6) is -0.324. The number of sulfonamides is 1.